The van der Waals surface area contributed by atoms with Gasteiger partial charge in [-0.05, 0) is 83.4 Å². The molecule has 17 heteroatoms. The van der Waals surface area contributed by atoms with Crippen LogP contribution in [0.25, 0.3) is 0 Å². The van der Waals surface area contributed by atoms with Crippen LogP contribution in [0.2, 0.25) is 15.1 Å². The maximum Gasteiger partial charge on any atom is 0.349 e. The highest BCUT2D eigenvalue weighted by molar-refractivity contribution is 6.32. The van der Waals surface area contributed by atoms with Crippen LogP contribution in [0.5, 0.6) is 46.0 Å². The van der Waals surface area contributed by atoms with E-state index in [0.717, 1.165) is 28.1 Å². The van der Waals surface area contributed by atoms with Crippen molar-refractivity contribution in [1.82, 2.24) is 0 Å². The first-order valence-corrected chi connectivity index (χ1v) is 22.5. The summed E-state index contributed by atoms with van der Waals surface area (Å²) in [6.45, 7) is 1.83. The minimum Gasteiger partial charge on any atom is -0.478 e. The summed E-state index contributed by atoms with van der Waals surface area (Å²) in [5, 5.41) is 24.2. The zero-order valence-corrected chi connectivity index (χ0v) is 38.6. The lowest BCUT2D eigenvalue weighted by Gasteiger charge is -2.27. The van der Waals surface area contributed by atoms with E-state index >= 15 is 0 Å². The van der Waals surface area contributed by atoms with E-state index in [-0.39, 0.29) is 20.4 Å². The molecule has 7 aromatic carbocycles. The molecule has 352 valence electrons. The molecule has 0 bridgehead atoms. The number of rotatable bonds is 16. The number of fused-ring (bicyclic) bond motifs is 3. The number of benzene rings is 7. The molecule has 0 aliphatic carbocycles. The third-order valence-corrected chi connectivity index (χ3v) is 12.1. The smallest absolute Gasteiger partial charge is 0.349 e. The predicted octanol–water partition coefficient (Wildman–Crippen LogP) is 11.7. The second-order valence-corrected chi connectivity index (χ2v) is 16.8. The summed E-state index contributed by atoms with van der Waals surface area (Å²) in [4.78, 5) is 25.6. The highest BCUT2D eigenvalue weighted by Gasteiger charge is 2.25. The van der Waals surface area contributed by atoms with E-state index in [1.165, 1.54) is 0 Å². The quantitative estimate of drug-likeness (QED) is 0.0838. The third kappa shape index (κ3) is 11.2. The van der Waals surface area contributed by atoms with Crippen LogP contribution in [0.15, 0.2) is 146 Å². The number of halogens is 3. The van der Waals surface area contributed by atoms with Crippen LogP contribution >= 0.6 is 34.8 Å². The molecule has 2 atom stereocenters. The SMILES string of the molecule is O=C(O)[C@@H](Oc1ccc(N(Cc2cc3c(cc2Cl)OCO3)Cc2cc3c(cc2Cl)OCO3)cc1)c1ccccc1.O=C(O)[C@@H](Oc1ccc(NCc2cc3c(cc2Cl)OCO3)cc1)c1ccccc1. The lowest BCUT2D eigenvalue weighted by Crippen LogP contribution is -2.22. The van der Waals surface area contributed by atoms with Crippen LogP contribution in [0.3, 0.4) is 0 Å². The summed E-state index contributed by atoms with van der Waals surface area (Å²) in [6, 6.07) is 42.8. The van der Waals surface area contributed by atoms with Gasteiger partial charge in [0.05, 0.1) is 0 Å². The molecular formula is C52H41Cl3N2O12. The van der Waals surface area contributed by atoms with Crippen molar-refractivity contribution in [3.63, 3.8) is 0 Å². The van der Waals surface area contributed by atoms with Crippen molar-refractivity contribution >= 4 is 58.1 Å². The standard InChI is InChI=1S/C30H23Cl2NO7.C22H18ClNO5/c31-23-12-27-25(36-16-38-27)10-19(23)14-33(15-20-11-26-28(13-24(20)32)39-17-37-26)21-6-8-22(9-7-21)40-29(30(34)35)18-4-2-1-3-5-18;23-18-11-20-19(27-13-28-20)10-15(18)12-24-16-6-8-17(9-7-16)29-21(22(25)26)14-4-2-1-3-5-14/h1-13,29H,14-17H2,(H,34,35);1-11,21,24H,12-13H2,(H,25,26)/t29-;21-/m00/s1. The van der Waals surface area contributed by atoms with Crippen LogP contribution in [0, 0.1) is 0 Å². The van der Waals surface area contributed by atoms with Crippen molar-refractivity contribution in [2.24, 2.45) is 0 Å². The number of hydrogen-bond acceptors (Lipinski definition) is 12. The monoisotopic (exact) mass is 990 g/mol. The van der Waals surface area contributed by atoms with E-state index in [1.54, 1.807) is 91.0 Å². The summed E-state index contributed by atoms with van der Waals surface area (Å²) in [5.41, 5.74) is 5.36. The Kier molecular flexibility index (Phi) is 14.2. The second-order valence-electron chi connectivity index (χ2n) is 15.6. The van der Waals surface area contributed by atoms with E-state index in [1.807, 2.05) is 54.6 Å². The molecule has 0 saturated heterocycles. The van der Waals surface area contributed by atoms with Crippen LogP contribution in [0.4, 0.5) is 11.4 Å². The maximum absolute atomic E-state index is 11.9. The van der Waals surface area contributed by atoms with Gasteiger partial charge < -0.3 is 58.3 Å². The molecule has 0 saturated carbocycles. The fraction of sp³-hybridized carbons (Fsp3) is 0.154. The molecule has 0 unspecified atom stereocenters. The van der Waals surface area contributed by atoms with Gasteiger partial charge in [-0.1, -0.05) is 95.5 Å². The molecule has 0 amide bonds. The Labute approximate surface area is 410 Å². The minimum atomic E-state index is -1.14. The molecular weight excluding hydrogens is 951 g/mol. The topological polar surface area (TPSA) is 164 Å². The normalized spacial score (nSPS) is 13.4. The lowest BCUT2D eigenvalue weighted by atomic mass is 10.1. The zero-order chi connectivity index (χ0) is 47.9. The summed E-state index contributed by atoms with van der Waals surface area (Å²) in [6.07, 6.45) is -2.20. The average Bonchev–Trinajstić information content (AvgIpc) is 4.14. The average molecular weight is 992 g/mol. The number of carboxylic acid groups (broad SMARTS) is 2. The Hall–Kier alpha value is -7.65. The molecule has 0 fully saturated rings. The van der Waals surface area contributed by atoms with Crippen molar-refractivity contribution in [3.8, 4) is 46.0 Å². The molecule has 0 spiro atoms. The van der Waals surface area contributed by atoms with E-state index in [4.69, 9.17) is 72.7 Å². The minimum absolute atomic E-state index is 0.146. The van der Waals surface area contributed by atoms with Gasteiger partial charge >= 0.3 is 11.9 Å². The van der Waals surface area contributed by atoms with E-state index in [9.17, 15) is 19.8 Å². The Morgan fingerprint density at radius 1 is 0.507 bits per heavy atom. The molecule has 0 aromatic heterocycles. The van der Waals surface area contributed by atoms with Crippen LogP contribution < -0.4 is 48.1 Å². The number of nitrogens with one attached hydrogen (secondary N) is 1. The van der Waals surface area contributed by atoms with Crippen LogP contribution in [-0.2, 0) is 29.2 Å². The summed E-state index contributed by atoms with van der Waals surface area (Å²) in [5.74, 6) is 2.55. The van der Waals surface area contributed by atoms with Gasteiger partial charge in [0.25, 0.3) is 0 Å². The van der Waals surface area contributed by atoms with Gasteiger partial charge in [0.2, 0.25) is 32.6 Å². The largest absolute Gasteiger partial charge is 0.478 e. The summed E-state index contributed by atoms with van der Waals surface area (Å²) in [7, 11) is 0. The van der Waals surface area contributed by atoms with E-state index < -0.39 is 24.1 Å². The maximum atomic E-state index is 11.9. The second kappa shape index (κ2) is 21.1. The number of carbonyl (C=O) groups is 2. The Bertz CT molecular complexity index is 2880. The van der Waals surface area contributed by atoms with Crippen molar-refractivity contribution < 1.29 is 57.7 Å². The molecule has 0 radical (unpaired) electrons. The van der Waals surface area contributed by atoms with Gasteiger partial charge in [-0.15, -0.1) is 0 Å². The highest BCUT2D eigenvalue weighted by atomic mass is 35.5. The molecule has 69 heavy (non-hydrogen) atoms. The number of nitrogens with zero attached hydrogens (tertiary/aromatic N) is 1. The van der Waals surface area contributed by atoms with Gasteiger partial charge in [-0.3, -0.25) is 0 Å². The van der Waals surface area contributed by atoms with E-state index in [0.29, 0.717) is 91.8 Å². The lowest BCUT2D eigenvalue weighted by molar-refractivity contribution is -0.146. The fourth-order valence-electron chi connectivity index (χ4n) is 7.54. The van der Waals surface area contributed by atoms with Crippen molar-refractivity contribution in [3.05, 3.63) is 188 Å². The number of carboxylic acids is 2. The first kappa shape index (κ1) is 46.5. The molecule has 3 N–H and O–H groups in total. The van der Waals surface area contributed by atoms with Crippen molar-refractivity contribution in [2.75, 3.05) is 30.6 Å². The van der Waals surface area contributed by atoms with Crippen molar-refractivity contribution in [2.45, 2.75) is 31.8 Å². The number of hydrogen-bond donors (Lipinski definition) is 3. The van der Waals surface area contributed by atoms with Gasteiger partial charge in [0.1, 0.15) is 11.5 Å². The first-order chi connectivity index (χ1) is 33.5. The Balaban J connectivity index is 0.000000181. The number of aliphatic carboxylic acids is 2. The van der Waals surface area contributed by atoms with Gasteiger partial charge in [-0.25, -0.2) is 9.59 Å². The fourth-order valence-corrected chi connectivity index (χ4v) is 8.19. The molecule has 3 heterocycles. The van der Waals surface area contributed by atoms with Crippen LogP contribution in [0.1, 0.15) is 40.0 Å². The number of anilines is 2. The zero-order valence-electron chi connectivity index (χ0n) is 36.3. The van der Waals surface area contributed by atoms with Gasteiger partial charge in [0, 0.05) is 75.4 Å². The predicted molar refractivity (Wildman–Crippen MR) is 258 cm³/mol. The summed E-state index contributed by atoms with van der Waals surface area (Å²) >= 11 is 19.5. The van der Waals surface area contributed by atoms with Gasteiger partial charge in [-0.2, -0.15) is 0 Å². The Morgan fingerprint density at radius 3 is 1.28 bits per heavy atom. The van der Waals surface area contributed by atoms with Gasteiger partial charge in [0.15, 0.2) is 34.5 Å². The van der Waals surface area contributed by atoms with Crippen molar-refractivity contribution in [1.29, 1.82) is 0 Å². The third-order valence-electron chi connectivity index (χ3n) is 11.0. The molecule has 10 rings (SSSR count). The molecule has 3 aliphatic rings. The molecule has 14 nitrogen and oxygen atoms in total. The number of ether oxygens (including phenoxy) is 8. The summed E-state index contributed by atoms with van der Waals surface area (Å²) < 4.78 is 44.2. The molecule has 3 aliphatic heterocycles. The first-order valence-electron chi connectivity index (χ1n) is 21.4. The Morgan fingerprint density at radius 2 is 0.870 bits per heavy atom. The molecule has 7 aromatic rings. The van der Waals surface area contributed by atoms with Crippen LogP contribution in [-0.4, -0.2) is 42.5 Å². The van der Waals surface area contributed by atoms with E-state index in [2.05, 4.69) is 10.2 Å². The highest BCUT2D eigenvalue weighted by Crippen LogP contribution is 2.41.